The third kappa shape index (κ3) is 5.38. The molecule has 2 rings (SSSR count). The van der Waals surface area contributed by atoms with E-state index < -0.39 is 0 Å². The van der Waals surface area contributed by atoms with E-state index in [4.69, 9.17) is 10.9 Å². The lowest BCUT2D eigenvalue weighted by atomic mass is 10.0. The molecular formula is C17H27N3O. The average Bonchev–Trinajstić information content (AvgIpc) is 3.04. The van der Waals surface area contributed by atoms with E-state index in [1.165, 1.54) is 44.1 Å². The lowest BCUT2D eigenvalue weighted by molar-refractivity contribution is 0.315. The molecule has 0 aliphatic heterocycles. The summed E-state index contributed by atoms with van der Waals surface area (Å²) < 4.78 is 0. The van der Waals surface area contributed by atoms with Crippen molar-refractivity contribution in [3.63, 3.8) is 0 Å². The van der Waals surface area contributed by atoms with Gasteiger partial charge in [0, 0.05) is 12.5 Å². The fourth-order valence-corrected chi connectivity index (χ4v) is 3.21. The van der Waals surface area contributed by atoms with Gasteiger partial charge in [-0.25, -0.2) is 0 Å². The second-order valence-corrected chi connectivity index (χ2v) is 6.01. The first-order valence-electron chi connectivity index (χ1n) is 8.04. The van der Waals surface area contributed by atoms with Gasteiger partial charge < -0.3 is 16.3 Å². The molecule has 0 bridgehead atoms. The van der Waals surface area contributed by atoms with E-state index in [0.29, 0.717) is 6.42 Å². The van der Waals surface area contributed by atoms with Crippen molar-refractivity contribution in [3.8, 4) is 0 Å². The van der Waals surface area contributed by atoms with E-state index in [1.807, 2.05) is 18.2 Å². The Balaban J connectivity index is 1.81. The zero-order valence-corrected chi connectivity index (χ0v) is 12.7. The highest BCUT2D eigenvalue weighted by Crippen LogP contribution is 2.28. The Labute approximate surface area is 127 Å². The highest BCUT2D eigenvalue weighted by Gasteiger charge is 2.16. The number of benzene rings is 1. The lowest BCUT2D eigenvalue weighted by Crippen LogP contribution is -2.28. The van der Waals surface area contributed by atoms with Crippen LogP contribution in [0.2, 0.25) is 0 Å². The summed E-state index contributed by atoms with van der Waals surface area (Å²) in [4.78, 5) is 0. The first-order chi connectivity index (χ1) is 10.3. The Morgan fingerprint density at radius 3 is 2.67 bits per heavy atom. The predicted octanol–water partition coefficient (Wildman–Crippen LogP) is 3.42. The van der Waals surface area contributed by atoms with Gasteiger partial charge in [0.1, 0.15) is 5.84 Å². The van der Waals surface area contributed by atoms with Crippen molar-refractivity contribution in [3.05, 3.63) is 35.9 Å². The number of oxime groups is 1. The van der Waals surface area contributed by atoms with Gasteiger partial charge >= 0.3 is 0 Å². The van der Waals surface area contributed by atoms with Crippen LogP contribution in [0, 0.1) is 5.92 Å². The topological polar surface area (TPSA) is 70.6 Å². The van der Waals surface area contributed by atoms with E-state index >= 15 is 0 Å². The van der Waals surface area contributed by atoms with Crippen LogP contribution in [0.5, 0.6) is 0 Å². The molecule has 0 radical (unpaired) electrons. The number of nitrogens with two attached hydrogens (primary N) is 1. The molecule has 1 saturated carbocycles. The van der Waals surface area contributed by atoms with Crippen LogP contribution in [0.25, 0.3) is 0 Å². The third-order valence-corrected chi connectivity index (χ3v) is 4.40. The fraction of sp³-hybridized carbons (Fsp3) is 0.588. The van der Waals surface area contributed by atoms with Crippen molar-refractivity contribution < 1.29 is 5.21 Å². The maximum absolute atomic E-state index is 8.78. The normalized spacial score (nSPS) is 18.0. The molecule has 1 fully saturated rings. The number of hydrogen-bond donors (Lipinski definition) is 3. The lowest BCUT2D eigenvalue weighted by Gasteiger charge is -2.19. The molecule has 1 atom stereocenters. The van der Waals surface area contributed by atoms with Gasteiger partial charge in [-0.15, -0.1) is 0 Å². The van der Waals surface area contributed by atoms with Crippen LogP contribution in [-0.4, -0.2) is 17.6 Å². The zero-order chi connectivity index (χ0) is 14.9. The van der Waals surface area contributed by atoms with Crippen LogP contribution in [0.1, 0.15) is 56.6 Å². The summed E-state index contributed by atoms with van der Waals surface area (Å²) in [5.41, 5.74) is 6.86. The standard InChI is InChI=1S/C17H27N3O/c18-17(20-21)13-16(15-10-2-1-3-11-15)19-12-6-9-14-7-4-5-8-14/h1-3,10-11,14,16,19,21H,4-9,12-13H2,(H2,18,20). The third-order valence-electron chi connectivity index (χ3n) is 4.40. The van der Waals surface area contributed by atoms with Crippen molar-refractivity contribution in [2.24, 2.45) is 16.8 Å². The summed E-state index contributed by atoms with van der Waals surface area (Å²) in [6, 6.07) is 10.3. The molecule has 116 valence electrons. The van der Waals surface area contributed by atoms with Crippen molar-refractivity contribution in [2.75, 3.05) is 6.54 Å². The Kier molecular flexibility index (Phi) is 6.54. The van der Waals surface area contributed by atoms with Gasteiger partial charge in [0.15, 0.2) is 0 Å². The Hall–Kier alpha value is -1.55. The van der Waals surface area contributed by atoms with Gasteiger partial charge in [-0.1, -0.05) is 61.2 Å². The van der Waals surface area contributed by atoms with Gasteiger partial charge in [0.2, 0.25) is 0 Å². The van der Waals surface area contributed by atoms with Crippen molar-refractivity contribution >= 4 is 5.84 Å². The Morgan fingerprint density at radius 1 is 1.29 bits per heavy atom. The average molecular weight is 289 g/mol. The summed E-state index contributed by atoms with van der Waals surface area (Å²) in [5, 5.41) is 15.4. The van der Waals surface area contributed by atoms with Crippen LogP contribution in [-0.2, 0) is 0 Å². The van der Waals surface area contributed by atoms with Crippen LogP contribution >= 0.6 is 0 Å². The smallest absolute Gasteiger partial charge is 0.141 e. The summed E-state index contributed by atoms with van der Waals surface area (Å²) in [7, 11) is 0. The van der Waals surface area contributed by atoms with E-state index in [1.54, 1.807) is 0 Å². The second-order valence-electron chi connectivity index (χ2n) is 6.01. The van der Waals surface area contributed by atoms with Crippen molar-refractivity contribution in [1.82, 2.24) is 5.32 Å². The number of hydrogen-bond acceptors (Lipinski definition) is 3. The minimum absolute atomic E-state index is 0.116. The van der Waals surface area contributed by atoms with E-state index in [9.17, 15) is 0 Å². The molecule has 4 heteroatoms. The molecule has 0 spiro atoms. The second kappa shape index (κ2) is 8.67. The molecule has 1 aliphatic rings. The molecule has 1 aromatic rings. The predicted molar refractivity (Wildman–Crippen MR) is 86.4 cm³/mol. The van der Waals surface area contributed by atoms with Gasteiger partial charge in [-0.05, 0) is 30.9 Å². The summed E-state index contributed by atoms with van der Waals surface area (Å²) in [5.74, 6) is 1.21. The van der Waals surface area contributed by atoms with Crippen LogP contribution in [0.4, 0.5) is 0 Å². The van der Waals surface area contributed by atoms with Gasteiger partial charge in [-0.2, -0.15) is 0 Å². The van der Waals surface area contributed by atoms with Crippen LogP contribution < -0.4 is 11.1 Å². The van der Waals surface area contributed by atoms with E-state index in [2.05, 4.69) is 22.6 Å². The quantitative estimate of drug-likeness (QED) is 0.226. The minimum Gasteiger partial charge on any atom is -0.409 e. The molecule has 0 saturated heterocycles. The SMILES string of the molecule is N/C(CC(NCCCC1CCCC1)c1ccccc1)=N/O. The zero-order valence-electron chi connectivity index (χ0n) is 12.7. The first-order valence-corrected chi connectivity index (χ1v) is 8.04. The molecule has 1 aliphatic carbocycles. The van der Waals surface area contributed by atoms with Gasteiger partial charge in [-0.3, -0.25) is 0 Å². The first kappa shape index (κ1) is 15.8. The van der Waals surface area contributed by atoms with Crippen LogP contribution in [0.15, 0.2) is 35.5 Å². The highest BCUT2D eigenvalue weighted by atomic mass is 16.4. The van der Waals surface area contributed by atoms with Gasteiger partial charge in [0.25, 0.3) is 0 Å². The number of nitrogens with zero attached hydrogens (tertiary/aromatic N) is 1. The molecular weight excluding hydrogens is 262 g/mol. The number of rotatable bonds is 8. The molecule has 1 aromatic carbocycles. The molecule has 1 unspecified atom stereocenters. The molecule has 0 aromatic heterocycles. The molecule has 4 nitrogen and oxygen atoms in total. The molecule has 0 amide bonds. The largest absolute Gasteiger partial charge is 0.409 e. The molecule has 0 heterocycles. The summed E-state index contributed by atoms with van der Waals surface area (Å²) in [6.45, 7) is 0.981. The Bertz CT molecular complexity index is 427. The molecule has 4 N–H and O–H groups in total. The van der Waals surface area contributed by atoms with Crippen molar-refractivity contribution in [1.29, 1.82) is 0 Å². The minimum atomic E-state index is 0.116. The monoisotopic (exact) mass is 289 g/mol. The van der Waals surface area contributed by atoms with Crippen LogP contribution in [0.3, 0.4) is 0 Å². The maximum atomic E-state index is 8.78. The number of nitrogens with one attached hydrogen (secondary N) is 1. The Morgan fingerprint density at radius 2 is 2.00 bits per heavy atom. The fourth-order valence-electron chi connectivity index (χ4n) is 3.21. The summed E-state index contributed by atoms with van der Waals surface area (Å²) >= 11 is 0. The van der Waals surface area contributed by atoms with E-state index in [-0.39, 0.29) is 11.9 Å². The maximum Gasteiger partial charge on any atom is 0.141 e. The summed E-state index contributed by atoms with van der Waals surface area (Å²) in [6.07, 6.45) is 8.69. The highest BCUT2D eigenvalue weighted by molar-refractivity contribution is 5.80. The van der Waals surface area contributed by atoms with Gasteiger partial charge in [0.05, 0.1) is 0 Å². The van der Waals surface area contributed by atoms with E-state index in [0.717, 1.165) is 12.5 Å². The molecule has 21 heavy (non-hydrogen) atoms. The number of amidine groups is 1. The van der Waals surface area contributed by atoms with Crippen molar-refractivity contribution in [2.45, 2.75) is 51.0 Å².